The van der Waals surface area contributed by atoms with E-state index in [-0.39, 0.29) is 0 Å². The zero-order valence-corrected chi connectivity index (χ0v) is 10.7. The summed E-state index contributed by atoms with van der Waals surface area (Å²) < 4.78 is 5.15. The Hall–Kier alpha value is -1.57. The lowest BCUT2D eigenvalue weighted by Crippen LogP contribution is -2.32. The number of nitriles is 1. The zero-order valence-electron chi connectivity index (χ0n) is 10.7. The van der Waals surface area contributed by atoms with E-state index in [1.54, 1.807) is 7.11 Å². The summed E-state index contributed by atoms with van der Waals surface area (Å²) in [4.78, 5) is 2.41. The SMILES string of the molecule is COc1ccc(CN2CCC(NCC#N)C2)cc1. The Balaban J connectivity index is 1.81. The fraction of sp³-hybridized carbons (Fsp3) is 0.500. The molecule has 1 N–H and O–H groups in total. The molecule has 2 rings (SSSR count). The van der Waals surface area contributed by atoms with Gasteiger partial charge in [0, 0.05) is 25.7 Å². The summed E-state index contributed by atoms with van der Waals surface area (Å²) in [7, 11) is 1.68. The Morgan fingerprint density at radius 3 is 2.89 bits per heavy atom. The van der Waals surface area contributed by atoms with Crippen LogP contribution in [0.25, 0.3) is 0 Å². The number of ether oxygens (including phenoxy) is 1. The van der Waals surface area contributed by atoms with Gasteiger partial charge in [-0.15, -0.1) is 0 Å². The molecule has 4 nitrogen and oxygen atoms in total. The summed E-state index contributed by atoms with van der Waals surface area (Å²) in [5.41, 5.74) is 1.30. The van der Waals surface area contributed by atoms with Crippen molar-refractivity contribution in [1.29, 1.82) is 5.26 Å². The number of likely N-dealkylation sites (tertiary alicyclic amines) is 1. The maximum Gasteiger partial charge on any atom is 0.118 e. The van der Waals surface area contributed by atoms with Gasteiger partial charge in [0.05, 0.1) is 19.7 Å². The lowest BCUT2D eigenvalue weighted by molar-refractivity contribution is 0.321. The van der Waals surface area contributed by atoms with Crippen molar-refractivity contribution in [3.05, 3.63) is 29.8 Å². The first-order valence-electron chi connectivity index (χ1n) is 6.27. The highest BCUT2D eigenvalue weighted by molar-refractivity contribution is 5.27. The summed E-state index contributed by atoms with van der Waals surface area (Å²) in [6.07, 6.45) is 1.12. The van der Waals surface area contributed by atoms with Gasteiger partial charge in [-0.2, -0.15) is 5.26 Å². The number of benzene rings is 1. The van der Waals surface area contributed by atoms with E-state index >= 15 is 0 Å². The zero-order chi connectivity index (χ0) is 12.8. The average molecular weight is 245 g/mol. The molecule has 0 spiro atoms. The highest BCUT2D eigenvalue weighted by Gasteiger charge is 2.21. The van der Waals surface area contributed by atoms with Crippen LogP contribution in [0, 0.1) is 11.3 Å². The molecule has 1 saturated heterocycles. The van der Waals surface area contributed by atoms with Gasteiger partial charge in [0.25, 0.3) is 0 Å². The second-order valence-electron chi connectivity index (χ2n) is 4.61. The standard InChI is InChI=1S/C14H19N3O/c1-18-14-4-2-12(3-5-14)10-17-9-6-13(11-17)16-8-7-15/h2-5,13,16H,6,8-11H2,1H3. The van der Waals surface area contributed by atoms with Crippen molar-refractivity contribution in [2.75, 3.05) is 26.7 Å². The van der Waals surface area contributed by atoms with Gasteiger partial charge in [-0.05, 0) is 24.1 Å². The molecule has 1 fully saturated rings. The Labute approximate surface area is 108 Å². The van der Waals surface area contributed by atoms with E-state index in [1.807, 2.05) is 12.1 Å². The third kappa shape index (κ3) is 3.46. The van der Waals surface area contributed by atoms with Gasteiger partial charge in [-0.3, -0.25) is 4.90 Å². The minimum atomic E-state index is 0.445. The third-order valence-corrected chi connectivity index (χ3v) is 3.31. The fourth-order valence-electron chi connectivity index (χ4n) is 2.32. The lowest BCUT2D eigenvalue weighted by Gasteiger charge is -2.16. The molecule has 0 amide bonds. The normalized spacial score (nSPS) is 19.7. The number of nitrogens with zero attached hydrogens (tertiary/aromatic N) is 2. The van der Waals surface area contributed by atoms with Gasteiger partial charge in [0.15, 0.2) is 0 Å². The van der Waals surface area contributed by atoms with E-state index in [9.17, 15) is 0 Å². The average Bonchev–Trinajstić information content (AvgIpc) is 2.85. The van der Waals surface area contributed by atoms with E-state index in [0.29, 0.717) is 12.6 Å². The molecule has 1 aromatic carbocycles. The van der Waals surface area contributed by atoms with Crippen LogP contribution in [0.4, 0.5) is 0 Å². The Morgan fingerprint density at radius 2 is 2.22 bits per heavy atom. The van der Waals surface area contributed by atoms with E-state index < -0.39 is 0 Å². The predicted molar refractivity (Wildman–Crippen MR) is 70.3 cm³/mol. The smallest absolute Gasteiger partial charge is 0.118 e. The van der Waals surface area contributed by atoms with Crippen molar-refractivity contribution in [3.63, 3.8) is 0 Å². The van der Waals surface area contributed by atoms with E-state index in [0.717, 1.165) is 31.8 Å². The largest absolute Gasteiger partial charge is 0.497 e. The van der Waals surface area contributed by atoms with Crippen molar-refractivity contribution < 1.29 is 4.74 Å². The summed E-state index contributed by atoms with van der Waals surface area (Å²) in [5.74, 6) is 0.897. The maximum absolute atomic E-state index is 8.54. The van der Waals surface area contributed by atoms with Crippen LogP contribution in [0.2, 0.25) is 0 Å². The summed E-state index contributed by atoms with van der Waals surface area (Å²) in [5, 5.41) is 11.8. The monoisotopic (exact) mass is 245 g/mol. The first-order chi connectivity index (χ1) is 8.81. The van der Waals surface area contributed by atoms with Crippen LogP contribution in [0.5, 0.6) is 5.75 Å². The maximum atomic E-state index is 8.54. The Bertz CT molecular complexity index is 410. The Morgan fingerprint density at radius 1 is 1.44 bits per heavy atom. The molecular weight excluding hydrogens is 226 g/mol. The molecule has 0 radical (unpaired) electrons. The predicted octanol–water partition coefficient (Wildman–Crippen LogP) is 1.38. The minimum absolute atomic E-state index is 0.445. The van der Waals surface area contributed by atoms with Crippen LogP contribution in [0.1, 0.15) is 12.0 Å². The number of hydrogen-bond donors (Lipinski definition) is 1. The molecule has 1 unspecified atom stereocenters. The number of nitrogens with one attached hydrogen (secondary N) is 1. The van der Waals surface area contributed by atoms with Gasteiger partial charge in [-0.25, -0.2) is 0 Å². The van der Waals surface area contributed by atoms with Gasteiger partial charge in [0.1, 0.15) is 5.75 Å². The molecule has 0 aliphatic carbocycles. The van der Waals surface area contributed by atoms with Gasteiger partial charge >= 0.3 is 0 Å². The van der Waals surface area contributed by atoms with E-state index in [4.69, 9.17) is 10.00 Å². The minimum Gasteiger partial charge on any atom is -0.497 e. The molecule has 1 aromatic rings. The van der Waals surface area contributed by atoms with Crippen LogP contribution < -0.4 is 10.1 Å². The second kappa shape index (κ2) is 6.39. The lowest BCUT2D eigenvalue weighted by atomic mass is 10.2. The van der Waals surface area contributed by atoms with Crippen LogP contribution in [-0.2, 0) is 6.54 Å². The van der Waals surface area contributed by atoms with Crippen molar-refractivity contribution in [2.45, 2.75) is 19.0 Å². The molecular formula is C14H19N3O. The van der Waals surface area contributed by atoms with Crippen molar-refractivity contribution in [3.8, 4) is 11.8 Å². The van der Waals surface area contributed by atoms with Crippen LogP contribution >= 0.6 is 0 Å². The molecule has 0 bridgehead atoms. The van der Waals surface area contributed by atoms with Crippen molar-refractivity contribution in [2.24, 2.45) is 0 Å². The van der Waals surface area contributed by atoms with E-state index in [2.05, 4.69) is 28.4 Å². The summed E-state index contributed by atoms with van der Waals surface area (Å²) >= 11 is 0. The van der Waals surface area contributed by atoms with Gasteiger partial charge in [-0.1, -0.05) is 12.1 Å². The molecule has 96 valence electrons. The highest BCUT2D eigenvalue weighted by Crippen LogP contribution is 2.16. The van der Waals surface area contributed by atoms with Crippen LogP contribution in [0.3, 0.4) is 0 Å². The van der Waals surface area contributed by atoms with Gasteiger partial charge in [0.2, 0.25) is 0 Å². The first-order valence-corrected chi connectivity index (χ1v) is 6.27. The third-order valence-electron chi connectivity index (χ3n) is 3.31. The topological polar surface area (TPSA) is 48.3 Å². The molecule has 0 aromatic heterocycles. The first kappa shape index (κ1) is 12.9. The van der Waals surface area contributed by atoms with Crippen LogP contribution in [-0.4, -0.2) is 37.7 Å². The molecule has 18 heavy (non-hydrogen) atoms. The highest BCUT2D eigenvalue weighted by atomic mass is 16.5. The van der Waals surface area contributed by atoms with E-state index in [1.165, 1.54) is 5.56 Å². The molecule has 4 heteroatoms. The molecule has 1 aliphatic rings. The number of hydrogen-bond acceptors (Lipinski definition) is 4. The van der Waals surface area contributed by atoms with Gasteiger partial charge < -0.3 is 10.1 Å². The fourth-order valence-corrected chi connectivity index (χ4v) is 2.32. The van der Waals surface area contributed by atoms with Crippen molar-refractivity contribution >= 4 is 0 Å². The quantitative estimate of drug-likeness (QED) is 0.796. The van der Waals surface area contributed by atoms with Crippen molar-refractivity contribution in [1.82, 2.24) is 10.2 Å². The summed E-state index contributed by atoms with van der Waals surface area (Å²) in [6.45, 7) is 3.53. The number of rotatable bonds is 5. The Kier molecular flexibility index (Phi) is 4.57. The molecule has 0 saturated carbocycles. The summed E-state index contributed by atoms with van der Waals surface area (Å²) in [6, 6.07) is 10.8. The second-order valence-corrected chi connectivity index (χ2v) is 4.61. The molecule has 1 heterocycles. The van der Waals surface area contributed by atoms with Crippen LogP contribution in [0.15, 0.2) is 24.3 Å². The molecule has 1 atom stereocenters. The molecule has 1 aliphatic heterocycles. The number of methoxy groups -OCH3 is 1.